The number of nitrogens with zero attached hydrogens (tertiary/aromatic N) is 1. The lowest BCUT2D eigenvalue weighted by atomic mass is 10.1. The second-order valence-electron chi connectivity index (χ2n) is 2.49. The molecule has 0 aliphatic carbocycles. The Balaban J connectivity index is 3.20. The van der Waals surface area contributed by atoms with Crippen molar-refractivity contribution in [2.45, 2.75) is 6.92 Å². The van der Waals surface area contributed by atoms with Crippen molar-refractivity contribution in [3.05, 3.63) is 33.8 Å². The first kappa shape index (κ1) is 10.3. The lowest BCUT2D eigenvalue weighted by Gasteiger charge is -1.99. The van der Waals surface area contributed by atoms with E-state index in [1.54, 1.807) is 6.07 Å². The summed E-state index contributed by atoms with van der Waals surface area (Å²) in [6, 6.07) is 5.46. The van der Waals surface area contributed by atoms with Gasteiger partial charge in [0.15, 0.2) is 0 Å². The summed E-state index contributed by atoms with van der Waals surface area (Å²) in [5.41, 5.74) is 1.52. The average Bonchev–Trinajstić information content (AvgIpc) is 2.09. The van der Waals surface area contributed by atoms with Gasteiger partial charge in [0.25, 0.3) is 5.91 Å². The Bertz CT molecular complexity index is 397. The van der Waals surface area contributed by atoms with Crippen LogP contribution in [0.5, 0.6) is 0 Å². The maximum atomic E-state index is 11.3. The monoisotopic (exact) mass is 255 g/mol. The van der Waals surface area contributed by atoms with Crippen LogP contribution in [0.3, 0.4) is 0 Å². The van der Waals surface area contributed by atoms with Crippen LogP contribution < -0.4 is 0 Å². The second-order valence-corrected chi connectivity index (χ2v) is 3.53. The van der Waals surface area contributed by atoms with Gasteiger partial charge >= 0.3 is 0 Å². The van der Waals surface area contributed by atoms with E-state index in [-0.39, 0.29) is 5.91 Å². The molecule has 2 nitrogen and oxygen atoms in total. The van der Waals surface area contributed by atoms with E-state index in [0.717, 1.165) is 10.0 Å². The maximum Gasteiger partial charge on any atom is 0.287 e. The Morgan fingerprint density at radius 1 is 1.62 bits per heavy atom. The van der Waals surface area contributed by atoms with Gasteiger partial charge in [-0.15, -0.1) is 0 Å². The number of isothiocyanates is 1. The molecule has 4 heteroatoms. The van der Waals surface area contributed by atoms with E-state index < -0.39 is 0 Å². The van der Waals surface area contributed by atoms with Crippen LogP contribution in [0.25, 0.3) is 0 Å². The lowest BCUT2D eigenvalue weighted by Crippen LogP contribution is -1.95. The van der Waals surface area contributed by atoms with Crippen LogP contribution in [0.4, 0.5) is 0 Å². The molecule has 13 heavy (non-hydrogen) atoms. The summed E-state index contributed by atoms with van der Waals surface area (Å²) in [7, 11) is 0. The molecule has 1 rings (SSSR count). The summed E-state index contributed by atoms with van der Waals surface area (Å²) in [6.45, 7) is 1.91. The molecule has 0 unspecified atom stereocenters. The van der Waals surface area contributed by atoms with Gasteiger partial charge < -0.3 is 0 Å². The van der Waals surface area contributed by atoms with Crippen LogP contribution in [0.2, 0.25) is 0 Å². The Hall–Kier alpha value is -0.830. The first-order chi connectivity index (χ1) is 6.15. The molecule has 1 aromatic rings. The van der Waals surface area contributed by atoms with Crippen molar-refractivity contribution in [3.63, 3.8) is 0 Å². The van der Waals surface area contributed by atoms with Gasteiger partial charge in [0.05, 0.1) is 10.7 Å². The molecule has 1 aromatic carbocycles. The maximum absolute atomic E-state index is 11.3. The highest BCUT2D eigenvalue weighted by atomic mass is 79.9. The molecule has 0 N–H and O–H groups in total. The normalized spacial score (nSPS) is 9.08. The highest BCUT2D eigenvalue weighted by Gasteiger charge is 2.07. The Morgan fingerprint density at radius 3 is 2.92 bits per heavy atom. The summed E-state index contributed by atoms with van der Waals surface area (Å²) in [6.07, 6.45) is 0. The molecule has 0 saturated heterocycles. The average molecular weight is 256 g/mol. The third-order valence-corrected chi connectivity index (χ3v) is 2.28. The summed E-state index contributed by atoms with van der Waals surface area (Å²) < 4.78 is 0.720. The zero-order valence-corrected chi connectivity index (χ0v) is 9.28. The van der Waals surface area contributed by atoms with Crippen LogP contribution in [-0.2, 0) is 0 Å². The highest BCUT2D eigenvalue weighted by molar-refractivity contribution is 9.10. The number of aryl methyl sites for hydroxylation is 1. The number of hydrogen-bond donors (Lipinski definition) is 0. The molecule has 0 aliphatic rings. The zero-order valence-electron chi connectivity index (χ0n) is 6.87. The molecule has 1 amide bonds. The molecular weight excluding hydrogens is 250 g/mol. The van der Waals surface area contributed by atoms with E-state index in [9.17, 15) is 4.79 Å². The molecular formula is C9H6BrNOS. The molecule has 0 atom stereocenters. The van der Waals surface area contributed by atoms with Gasteiger partial charge in [0.1, 0.15) is 0 Å². The van der Waals surface area contributed by atoms with Gasteiger partial charge in [-0.2, -0.15) is 4.99 Å². The van der Waals surface area contributed by atoms with Gasteiger partial charge in [-0.1, -0.05) is 11.6 Å². The van der Waals surface area contributed by atoms with Crippen LogP contribution in [0.15, 0.2) is 27.7 Å². The van der Waals surface area contributed by atoms with Crippen LogP contribution in [-0.4, -0.2) is 11.1 Å². The SMILES string of the molecule is Cc1ccc(Br)c(C(=O)N=C=S)c1. The highest BCUT2D eigenvalue weighted by Crippen LogP contribution is 2.18. The fraction of sp³-hybridized carbons (Fsp3) is 0.111. The van der Waals surface area contributed by atoms with Crippen molar-refractivity contribution in [1.29, 1.82) is 0 Å². The first-order valence-corrected chi connectivity index (χ1v) is 4.73. The largest absolute Gasteiger partial charge is 0.287 e. The molecule has 0 aromatic heterocycles. The van der Waals surface area contributed by atoms with E-state index >= 15 is 0 Å². The summed E-state index contributed by atoms with van der Waals surface area (Å²) in [5.74, 6) is -0.370. The van der Waals surface area contributed by atoms with E-state index in [4.69, 9.17) is 0 Å². The number of hydrogen-bond acceptors (Lipinski definition) is 2. The quantitative estimate of drug-likeness (QED) is 0.571. The van der Waals surface area contributed by atoms with Crippen molar-refractivity contribution < 1.29 is 4.79 Å². The van der Waals surface area contributed by atoms with Crippen molar-refractivity contribution in [2.75, 3.05) is 0 Å². The molecule has 0 spiro atoms. The Morgan fingerprint density at radius 2 is 2.31 bits per heavy atom. The van der Waals surface area contributed by atoms with Crippen molar-refractivity contribution in [3.8, 4) is 0 Å². The first-order valence-electron chi connectivity index (χ1n) is 3.53. The van der Waals surface area contributed by atoms with Crippen molar-refractivity contribution in [1.82, 2.24) is 0 Å². The fourth-order valence-corrected chi connectivity index (χ4v) is 1.40. The topological polar surface area (TPSA) is 29.4 Å². The minimum atomic E-state index is -0.370. The predicted molar refractivity (Wildman–Crippen MR) is 58.2 cm³/mol. The Kier molecular flexibility index (Phi) is 3.48. The number of halogens is 1. The number of rotatable bonds is 1. The number of aliphatic imine (C=N–C) groups is 1. The number of carbonyl (C=O) groups is 1. The molecule has 66 valence electrons. The molecule has 0 aliphatic heterocycles. The smallest absolute Gasteiger partial charge is 0.266 e. The summed E-state index contributed by atoms with van der Waals surface area (Å²) >= 11 is 7.61. The number of benzene rings is 1. The van der Waals surface area contributed by atoms with Gasteiger partial charge in [-0.3, -0.25) is 4.79 Å². The standard InChI is InChI=1S/C9H6BrNOS/c1-6-2-3-8(10)7(4-6)9(12)11-5-13/h2-4H,1H3. The van der Waals surface area contributed by atoms with Crippen LogP contribution >= 0.6 is 28.1 Å². The van der Waals surface area contributed by atoms with Crippen molar-refractivity contribution in [2.24, 2.45) is 4.99 Å². The van der Waals surface area contributed by atoms with Gasteiger partial charge in [0.2, 0.25) is 0 Å². The third-order valence-electron chi connectivity index (χ3n) is 1.50. The predicted octanol–water partition coefficient (Wildman–Crippen LogP) is 3.00. The second kappa shape index (κ2) is 4.42. The van der Waals surface area contributed by atoms with Crippen molar-refractivity contribution >= 4 is 39.2 Å². The van der Waals surface area contributed by atoms with E-state index in [2.05, 4.69) is 38.3 Å². The Labute approximate surface area is 89.8 Å². The minimum Gasteiger partial charge on any atom is -0.266 e. The number of amides is 1. The van der Waals surface area contributed by atoms with E-state index in [1.165, 1.54) is 0 Å². The summed E-state index contributed by atoms with van der Waals surface area (Å²) in [4.78, 5) is 14.7. The summed E-state index contributed by atoms with van der Waals surface area (Å²) in [5, 5.41) is 2.05. The van der Waals surface area contributed by atoms with Crippen LogP contribution in [0, 0.1) is 6.92 Å². The molecule has 0 bridgehead atoms. The van der Waals surface area contributed by atoms with Gasteiger partial charge in [-0.05, 0) is 47.2 Å². The number of thiocarbonyl (C=S) groups is 1. The molecule has 0 heterocycles. The third kappa shape index (κ3) is 2.56. The molecule has 0 radical (unpaired) electrons. The molecule has 0 saturated carbocycles. The van der Waals surface area contributed by atoms with E-state index in [1.807, 2.05) is 19.1 Å². The lowest BCUT2D eigenvalue weighted by molar-refractivity contribution is 0.100. The molecule has 0 fully saturated rings. The number of carbonyl (C=O) groups excluding carboxylic acids is 1. The van der Waals surface area contributed by atoms with E-state index in [0.29, 0.717) is 5.56 Å². The zero-order chi connectivity index (χ0) is 9.84. The van der Waals surface area contributed by atoms with Crippen LogP contribution in [0.1, 0.15) is 15.9 Å². The fourth-order valence-electron chi connectivity index (χ4n) is 0.905. The van der Waals surface area contributed by atoms with Gasteiger partial charge in [-0.25, -0.2) is 0 Å². The van der Waals surface area contributed by atoms with Gasteiger partial charge in [0, 0.05) is 4.47 Å². The minimum absolute atomic E-state index is 0.370.